The van der Waals surface area contributed by atoms with Crippen LogP contribution in [0.4, 0.5) is 26.3 Å². The smallest absolute Gasteiger partial charge is 0.416 e. The summed E-state index contributed by atoms with van der Waals surface area (Å²) >= 11 is 0. The third-order valence-corrected chi connectivity index (χ3v) is 6.49. The molecule has 41 heavy (non-hydrogen) atoms. The Labute approximate surface area is 230 Å². The van der Waals surface area contributed by atoms with Gasteiger partial charge in [-0.1, -0.05) is 47.1 Å². The Morgan fingerprint density at radius 1 is 1.05 bits per heavy atom. The molecule has 3 aromatic rings. The van der Waals surface area contributed by atoms with Gasteiger partial charge >= 0.3 is 12.4 Å². The lowest BCUT2D eigenvalue weighted by molar-refractivity contribution is -0.201. The van der Waals surface area contributed by atoms with Crippen LogP contribution in [0.2, 0.25) is 0 Å². The van der Waals surface area contributed by atoms with Crippen molar-refractivity contribution in [3.63, 3.8) is 0 Å². The molecule has 7 nitrogen and oxygen atoms in total. The lowest BCUT2D eigenvalue weighted by Gasteiger charge is -2.41. The van der Waals surface area contributed by atoms with Crippen molar-refractivity contribution in [1.29, 1.82) is 0 Å². The molecule has 1 aliphatic rings. The summed E-state index contributed by atoms with van der Waals surface area (Å²) in [5, 5.41) is 8.04. The second-order valence-corrected chi connectivity index (χ2v) is 9.63. The quantitative estimate of drug-likeness (QED) is 0.247. The van der Waals surface area contributed by atoms with Gasteiger partial charge in [0.1, 0.15) is 11.4 Å². The Hall–Kier alpha value is -4.29. The molecule has 1 aromatic heterocycles. The summed E-state index contributed by atoms with van der Waals surface area (Å²) in [4.78, 5) is 26.1. The molecule has 1 atom stereocenters. The van der Waals surface area contributed by atoms with Crippen molar-refractivity contribution in [1.82, 2.24) is 15.8 Å². The first-order valence-electron chi connectivity index (χ1n) is 12.4. The van der Waals surface area contributed by atoms with E-state index < -0.39 is 42.5 Å². The number of benzene rings is 2. The highest BCUT2D eigenvalue weighted by Gasteiger charge is 2.59. The van der Waals surface area contributed by atoms with Crippen LogP contribution in [0.15, 0.2) is 64.8 Å². The largest absolute Gasteiger partial charge is 0.494 e. The SMILES string of the molecule is Cc1ccc(C2=C(NC(=O)c3cc(C)no3)C(=O)NC(c3ccc(OCCCC(F)(F)F)cc3)(C(F)(F)F)C2)cc1. The number of halogens is 6. The predicted octanol–water partition coefficient (Wildman–Crippen LogP) is 6.13. The van der Waals surface area contributed by atoms with Crippen LogP contribution >= 0.6 is 0 Å². The van der Waals surface area contributed by atoms with Gasteiger partial charge in [0, 0.05) is 18.9 Å². The molecule has 0 radical (unpaired) electrons. The zero-order valence-corrected chi connectivity index (χ0v) is 21.9. The number of hydrogen-bond acceptors (Lipinski definition) is 5. The van der Waals surface area contributed by atoms with Gasteiger partial charge in [-0.3, -0.25) is 9.59 Å². The van der Waals surface area contributed by atoms with Crippen LogP contribution in [0.1, 0.15) is 52.2 Å². The van der Waals surface area contributed by atoms with E-state index in [0.29, 0.717) is 5.69 Å². The van der Waals surface area contributed by atoms with E-state index in [-0.39, 0.29) is 46.9 Å². The fourth-order valence-electron chi connectivity index (χ4n) is 4.38. The third kappa shape index (κ3) is 6.72. The van der Waals surface area contributed by atoms with Gasteiger partial charge in [0.05, 0.1) is 12.3 Å². The fourth-order valence-corrected chi connectivity index (χ4v) is 4.38. The minimum Gasteiger partial charge on any atom is -0.494 e. The molecular formula is C28H25F6N3O4. The topological polar surface area (TPSA) is 93.5 Å². The molecule has 0 bridgehead atoms. The predicted molar refractivity (Wildman–Crippen MR) is 135 cm³/mol. The van der Waals surface area contributed by atoms with Crippen LogP contribution in [0, 0.1) is 13.8 Å². The van der Waals surface area contributed by atoms with Gasteiger partial charge in [0.2, 0.25) is 5.76 Å². The van der Waals surface area contributed by atoms with E-state index in [1.807, 2.05) is 5.32 Å². The molecule has 4 rings (SSSR count). The van der Waals surface area contributed by atoms with Crippen molar-refractivity contribution in [3.8, 4) is 5.75 Å². The lowest BCUT2D eigenvalue weighted by Crippen LogP contribution is -2.60. The third-order valence-electron chi connectivity index (χ3n) is 6.49. The Kier molecular flexibility index (Phi) is 8.18. The Bertz CT molecular complexity index is 1440. The minimum atomic E-state index is -4.99. The molecule has 0 saturated carbocycles. The van der Waals surface area contributed by atoms with E-state index in [1.165, 1.54) is 18.2 Å². The zero-order chi connectivity index (χ0) is 30.0. The van der Waals surface area contributed by atoms with Gasteiger partial charge in [-0.2, -0.15) is 26.3 Å². The molecule has 2 heterocycles. The van der Waals surface area contributed by atoms with Crippen LogP contribution in [-0.2, 0) is 10.3 Å². The van der Waals surface area contributed by atoms with Crippen LogP contribution in [0.25, 0.3) is 5.57 Å². The highest BCUT2D eigenvalue weighted by atomic mass is 19.4. The van der Waals surface area contributed by atoms with E-state index in [9.17, 15) is 35.9 Å². The van der Waals surface area contributed by atoms with E-state index in [2.05, 4.69) is 10.5 Å². The number of rotatable bonds is 8. The lowest BCUT2D eigenvalue weighted by atomic mass is 9.77. The molecular weight excluding hydrogens is 556 g/mol. The summed E-state index contributed by atoms with van der Waals surface area (Å²) in [5.74, 6) is -2.21. The summed E-state index contributed by atoms with van der Waals surface area (Å²) in [6, 6.07) is 12.3. The number of carbonyl (C=O) groups is 2. The number of aromatic nitrogens is 1. The first-order chi connectivity index (χ1) is 19.2. The summed E-state index contributed by atoms with van der Waals surface area (Å²) < 4.78 is 91.8. The molecule has 0 saturated heterocycles. The molecule has 13 heteroatoms. The maximum Gasteiger partial charge on any atom is 0.416 e. The number of carbonyl (C=O) groups excluding carboxylic acids is 2. The first-order valence-corrected chi connectivity index (χ1v) is 12.4. The van der Waals surface area contributed by atoms with Crippen molar-refractivity contribution < 1.29 is 45.2 Å². The molecule has 0 fully saturated rings. The number of hydrogen-bond donors (Lipinski definition) is 2. The monoisotopic (exact) mass is 581 g/mol. The van der Waals surface area contributed by atoms with E-state index >= 15 is 0 Å². The number of nitrogens with one attached hydrogen (secondary N) is 2. The van der Waals surface area contributed by atoms with Crippen molar-refractivity contribution >= 4 is 17.4 Å². The van der Waals surface area contributed by atoms with Crippen molar-refractivity contribution in [2.24, 2.45) is 0 Å². The Balaban J connectivity index is 1.70. The molecule has 1 unspecified atom stereocenters. The number of aryl methyl sites for hydroxylation is 2. The number of ether oxygens (including phenoxy) is 1. The normalized spacial score (nSPS) is 17.8. The second-order valence-electron chi connectivity index (χ2n) is 9.63. The molecule has 0 spiro atoms. The van der Waals surface area contributed by atoms with Gasteiger partial charge < -0.3 is 19.9 Å². The maximum atomic E-state index is 14.8. The van der Waals surface area contributed by atoms with E-state index in [1.54, 1.807) is 38.1 Å². The van der Waals surface area contributed by atoms with Crippen LogP contribution < -0.4 is 15.4 Å². The highest BCUT2D eigenvalue weighted by molar-refractivity contribution is 6.08. The zero-order valence-electron chi connectivity index (χ0n) is 21.9. The molecule has 1 aliphatic heterocycles. The van der Waals surface area contributed by atoms with Gasteiger partial charge in [-0.15, -0.1) is 0 Å². The van der Waals surface area contributed by atoms with Crippen LogP contribution in [0.3, 0.4) is 0 Å². The minimum absolute atomic E-state index is 0.0665. The van der Waals surface area contributed by atoms with Crippen LogP contribution in [0.5, 0.6) is 5.75 Å². The standard InChI is InChI=1S/C28H25F6N3O4/c1-16-4-6-18(7-5-16)21-15-26(28(32,33)34,19-8-10-20(11-9-19)40-13-3-12-27(29,30)31)36-25(39)23(21)35-24(38)22-14-17(2)37-41-22/h4-11,14H,3,12-13,15H2,1-2H3,(H,35,38)(H,36,39). The first kappa shape index (κ1) is 29.7. The molecule has 218 valence electrons. The summed E-state index contributed by atoms with van der Waals surface area (Å²) in [7, 11) is 0. The summed E-state index contributed by atoms with van der Waals surface area (Å²) in [6.45, 7) is 3.07. The van der Waals surface area contributed by atoms with Gasteiger partial charge in [0.25, 0.3) is 11.8 Å². The highest BCUT2D eigenvalue weighted by Crippen LogP contribution is 2.48. The molecule has 2 aromatic carbocycles. The fraction of sp³-hybridized carbons (Fsp3) is 0.321. The van der Waals surface area contributed by atoms with Crippen molar-refractivity contribution in [2.75, 3.05) is 6.61 Å². The summed E-state index contributed by atoms with van der Waals surface area (Å²) in [5.41, 5.74) is -2.17. The van der Waals surface area contributed by atoms with Gasteiger partial charge in [0.15, 0.2) is 5.54 Å². The van der Waals surface area contributed by atoms with Gasteiger partial charge in [-0.05, 0) is 49.1 Å². The molecule has 2 amide bonds. The number of amides is 2. The van der Waals surface area contributed by atoms with E-state index in [0.717, 1.165) is 17.7 Å². The second kappa shape index (κ2) is 11.3. The number of nitrogens with zero attached hydrogens (tertiary/aromatic N) is 1. The maximum absolute atomic E-state index is 14.8. The molecule has 2 N–H and O–H groups in total. The van der Waals surface area contributed by atoms with Crippen molar-refractivity contribution in [2.45, 2.75) is 51.0 Å². The Morgan fingerprint density at radius 3 is 2.27 bits per heavy atom. The Morgan fingerprint density at radius 2 is 1.71 bits per heavy atom. The van der Waals surface area contributed by atoms with Gasteiger partial charge in [-0.25, -0.2) is 0 Å². The molecule has 0 aliphatic carbocycles. The average molecular weight is 582 g/mol. The van der Waals surface area contributed by atoms with Crippen LogP contribution in [-0.4, -0.2) is 35.9 Å². The number of alkyl halides is 6. The van der Waals surface area contributed by atoms with E-state index in [4.69, 9.17) is 9.26 Å². The average Bonchev–Trinajstić information content (AvgIpc) is 3.34. The van der Waals surface area contributed by atoms with Crippen molar-refractivity contribution in [3.05, 3.63) is 88.4 Å². The summed E-state index contributed by atoms with van der Waals surface area (Å²) in [6.07, 6.45) is -11.5.